The van der Waals surface area contributed by atoms with Crippen LogP contribution in [0.5, 0.6) is 0 Å². The summed E-state index contributed by atoms with van der Waals surface area (Å²) in [5, 5.41) is 4.57. The van der Waals surface area contributed by atoms with Crippen LogP contribution in [0, 0.1) is 13.8 Å². The van der Waals surface area contributed by atoms with Crippen LogP contribution in [-0.4, -0.2) is 18.2 Å². The number of hydrogen-bond donors (Lipinski definition) is 1. The molecule has 3 aromatic rings. The highest BCUT2D eigenvalue weighted by Crippen LogP contribution is 2.18. The molecule has 26 heavy (non-hydrogen) atoms. The molecule has 1 N–H and O–H groups in total. The molecule has 0 aliphatic rings. The van der Waals surface area contributed by atoms with E-state index in [-0.39, 0.29) is 11.4 Å². The zero-order valence-electron chi connectivity index (χ0n) is 14.6. The van der Waals surface area contributed by atoms with Crippen molar-refractivity contribution in [2.24, 2.45) is 0 Å². The Hall–Kier alpha value is -1.96. The van der Waals surface area contributed by atoms with E-state index in [9.17, 15) is 8.42 Å². The number of aromatic nitrogens is 2. The average Bonchev–Trinajstić information content (AvgIpc) is 2.87. The maximum Gasteiger partial charge on any atom is 0.240 e. The lowest BCUT2D eigenvalue weighted by atomic mass is 10.2. The first-order chi connectivity index (χ1) is 12.4. The predicted molar refractivity (Wildman–Crippen MR) is 105 cm³/mol. The van der Waals surface area contributed by atoms with Crippen molar-refractivity contribution in [3.8, 4) is 0 Å². The maximum atomic E-state index is 12.5. The standard InChI is InChI=1S/C19H20BrN3O2S/c1-14-19(12-21-26(24,25)18-10-6-9-17(20)11-18)15(2)23(22-14)13-16-7-4-3-5-8-16/h3-11,21H,12-13H2,1-2H3. The Morgan fingerprint density at radius 3 is 2.50 bits per heavy atom. The highest BCUT2D eigenvalue weighted by atomic mass is 79.9. The number of rotatable bonds is 6. The number of sulfonamides is 1. The van der Waals surface area contributed by atoms with Crippen molar-refractivity contribution < 1.29 is 8.42 Å². The normalized spacial score (nSPS) is 11.7. The van der Waals surface area contributed by atoms with Gasteiger partial charge in [-0.3, -0.25) is 4.68 Å². The molecule has 0 unspecified atom stereocenters. The summed E-state index contributed by atoms with van der Waals surface area (Å²) in [6, 6.07) is 16.7. The van der Waals surface area contributed by atoms with Gasteiger partial charge in [-0.1, -0.05) is 52.3 Å². The summed E-state index contributed by atoms with van der Waals surface area (Å²) in [6.07, 6.45) is 0. The van der Waals surface area contributed by atoms with Crippen molar-refractivity contribution in [1.29, 1.82) is 0 Å². The van der Waals surface area contributed by atoms with Crippen molar-refractivity contribution in [3.63, 3.8) is 0 Å². The van der Waals surface area contributed by atoms with E-state index in [2.05, 4.69) is 25.8 Å². The molecule has 0 saturated carbocycles. The van der Waals surface area contributed by atoms with E-state index in [4.69, 9.17) is 0 Å². The van der Waals surface area contributed by atoms with Gasteiger partial charge < -0.3 is 0 Å². The summed E-state index contributed by atoms with van der Waals surface area (Å²) in [5.41, 5.74) is 3.84. The monoisotopic (exact) mass is 433 g/mol. The first kappa shape index (κ1) is 18.8. The summed E-state index contributed by atoms with van der Waals surface area (Å²) >= 11 is 3.30. The molecule has 2 aromatic carbocycles. The number of benzene rings is 2. The summed E-state index contributed by atoms with van der Waals surface area (Å²) in [4.78, 5) is 0.235. The van der Waals surface area contributed by atoms with Crippen molar-refractivity contribution in [2.75, 3.05) is 0 Å². The molecular formula is C19H20BrN3O2S. The fraction of sp³-hybridized carbons (Fsp3) is 0.211. The third-order valence-electron chi connectivity index (χ3n) is 4.25. The molecule has 0 atom stereocenters. The first-order valence-electron chi connectivity index (χ1n) is 8.19. The average molecular weight is 434 g/mol. The fourth-order valence-corrected chi connectivity index (χ4v) is 4.38. The third-order valence-corrected chi connectivity index (χ3v) is 6.14. The van der Waals surface area contributed by atoms with Gasteiger partial charge in [-0.05, 0) is 37.6 Å². The zero-order valence-corrected chi connectivity index (χ0v) is 17.0. The van der Waals surface area contributed by atoms with E-state index in [0.29, 0.717) is 6.54 Å². The van der Waals surface area contributed by atoms with Gasteiger partial charge in [0.25, 0.3) is 0 Å². The minimum absolute atomic E-state index is 0.210. The zero-order chi connectivity index (χ0) is 18.7. The topological polar surface area (TPSA) is 64.0 Å². The van der Waals surface area contributed by atoms with E-state index in [0.717, 1.165) is 27.0 Å². The molecule has 7 heteroatoms. The maximum absolute atomic E-state index is 12.5. The molecule has 0 saturated heterocycles. The molecule has 0 aliphatic heterocycles. The predicted octanol–water partition coefficient (Wildman–Crippen LogP) is 3.79. The van der Waals surface area contributed by atoms with Crippen molar-refractivity contribution in [2.45, 2.75) is 31.8 Å². The Bertz CT molecular complexity index is 1010. The third kappa shape index (κ3) is 4.23. The number of hydrogen-bond acceptors (Lipinski definition) is 3. The highest BCUT2D eigenvalue weighted by molar-refractivity contribution is 9.10. The van der Waals surface area contributed by atoms with E-state index in [1.165, 1.54) is 0 Å². The largest absolute Gasteiger partial charge is 0.265 e. The summed E-state index contributed by atoms with van der Waals surface area (Å²) in [5.74, 6) is 0. The molecule has 136 valence electrons. The Kier molecular flexibility index (Phi) is 5.60. The molecule has 0 spiro atoms. The smallest absolute Gasteiger partial charge is 0.240 e. The van der Waals surface area contributed by atoms with Crippen molar-refractivity contribution >= 4 is 26.0 Å². The van der Waals surface area contributed by atoms with Crippen LogP contribution in [0.2, 0.25) is 0 Å². The SMILES string of the molecule is Cc1nn(Cc2ccccc2)c(C)c1CNS(=O)(=O)c1cccc(Br)c1. The Labute approximate surface area is 162 Å². The lowest BCUT2D eigenvalue weighted by Crippen LogP contribution is -2.23. The summed E-state index contributed by atoms with van der Waals surface area (Å²) in [7, 11) is -3.58. The van der Waals surface area contributed by atoms with Crippen LogP contribution in [0.3, 0.4) is 0 Å². The molecule has 1 heterocycles. The first-order valence-corrected chi connectivity index (χ1v) is 10.5. The number of halogens is 1. The number of nitrogens with zero attached hydrogens (tertiary/aromatic N) is 2. The molecular weight excluding hydrogens is 414 g/mol. The number of nitrogens with one attached hydrogen (secondary N) is 1. The van der Waals surface area contributed by atoms with Gasteiger partial charge in [-0.25, -0.2) is 13.1 Å². The van der Waals surface area contributed by atoms with Gasteiger partial charge in [0, 0.05) is 22.3 Å². The van der Waals surface area contributed by atoms with Gasteiger partial charge in [-0.2, -0.15) is 5.10 Å². The second-order valence-corrected chi connectivity index (χ2v) is 8.76. The van der Waals surface area contributed by atoms with Crippen LogP contribution < -0.4 is 4.72 Å². The Morgan fingerprint density at radius 2 is 1.81 bits per heavy atom. The van der Waals surface area contributed by atoms with Crippen LogP contribution >= 0.6 is 15.9 Å². The molecule has 3 rings (SSSR count). The molecule has 0 bridgehead atoms. The van der Waals surface area contributed by atoms with Gasteiger partial charge in [0.15, 0.2) is 0 Å². The van der Waals surface area contributed by atoms with Crippen LogP contribution in [0.4, 0.5) is 0 Å². The minimum Gasteiger partial charge on any atom is -0.265 e. The number of aryl methyl sites for hydroxylation is 1. The van der Waals surface area contributed by atoms with Crippen LogP contribution in [0.25, 0.3) is 0 Å². The van der Waals surface area contributed by atoms with Gasteiger partial charge >= 0.3 is 0 Å². The van der Waals surface area contributed by atoms with Crippen LogP contribution in [-0.2, 0) is 23.1 Å². The van der Waals surface area contributed by atoms with Crippen molar-refractivity contribution in [3.05, 3.63) is 81.6 Å². The van der Waals surface area contributed by atoms with Crippen LogP contribution in [0.1, 0.15) is 22.5 Å². The Morgan fingerprint density at radius 1 is 1.08 bits per heavy atom. The molecule has 0 amide bonds. The summed E-state index contributed by atoms with van der Waals surface area (Å²) < 4.78 is 30.3. The lowest BCUT2D eigenvalue weighted by Gasteiger charge is -2.08. The lowest BCUT2D eigenvalue weighted by molar-refractivity contribution is 0.581. The molecule has 5 nitrogen and oxygen atoms in total. The van der Waals surface area contributed by atoms with Gasteiger partial charge in [0.05, 0.1) is 17.1 Å². The second-order valence-electron chi connectivity index (χ2n) is 6.07. The van der Waals surface area contributed by atoms with E-state index < -0.39 is 10.0 Å². The molecule has 1 aromatic heterocycles. The van der Waals surface area contributed by atoms with Crippen molar-refractivity contribution in [1.82, 2.24) is 14.5 Å². The van der Waals surface area contributed by atoms with E-state index in [1.807, 2.05) is 48.9 Å². The van der Waals surface area contributed by atoms with Gasteiger partial charge in [0.2, 0.25) is 10.0 Å². The Balaban J connectivity index is 1.78. The quantitative estimate of drug-likeness (QED) is 0.642. The molecule has 0 radical (unpaired) electrons. The molecule has 0 fully saturated rings. The fourth-order valence-electron chi connectivity index (χ4n) is 2.78. The van der Waals surface area contributed by atoms with E-state index in [1.54, 1.807) is 24.3 Å². The van der Waals surface area contributed by atoms with Gasteiger partial charge in [0.1, 0.15) is 0 Å². The highest BCUT2D eigenvalue weighted by Gasteiger charge is 2.17. The summed E-state index contributed by atoms with van der Waals surface area (Å²) in [6.45, 7) is 4.73. The van der Waals surface area contributed by atoms with Gasteiger partial charge in [-0.15, -0.1) is 0 Å². The second kappa shape index (κ2) is 7.73. The van der Waals surface area contributed by atoms with Crippen LogP contribution in [0.15, 0.2) is 64.0 Å². The molecule has 0 aliphatic carbocycles. The minimum atomic E-state index is -3.58. The van der Waals surface area contributed by atoms with E-state index >= 15 is 0 Å².